The van der Waals surface area contributed by atoms with E-state index in [1.807, 2.05) is 33.0 Å². The molecule has 0 N–H and O–H groups in total. The van der Waals surface area contributed by atoms with Gasteiger partial charge in [0.2, 0.25) is 0 Å². The van der Waals surface area contributed by atoms with Gasteiger partial charge in [-0.2, -0.15) is 5.10 Å². The summed E-state index contributed by atoms with van der Waals surface area (Å²) in [5, 5.41) is 4.15. The third kappa shape index (κ3) is 3.98. The van der Waals surface area contributed by atoms with E-state index in [4.69, 9.17) is 0 Å². The Kier molecular flexibility index (Phi) is 6.98. The van der Waals surface area contributed by atoms with Crippen molar-refractivity contribution in [2.24, 2.45) is 0 Å². The molecule has 1 rings (SSSR count). The molecule has 1 heterocycles. The fourth-order valence-electron chi connectivity index (χ4n) is 1.16. The van der Waals surface area contributed by atoms with Crippen molar-refractivity contribution in [1.82, 2.24) is 9.78 Å². The first-order valence-electron chi connectivity index (χ1n) is 5.22. The molecule has 15 heavy (non-hydrogen) atoms. The van der Waals surface area contributed by atoms with Crippen molar-refractivity contribution in [2.75, 3.05) is 0 Å². The number of hydrogen-bond donors (Lipinski definition) is 0. The average molecular weight is 204 g/mol. The van der Waals surface area contributed by atoms with Crippen LogP contribution in [0.3, 0.4) is 0 Å². The predicted molar refractivity (Wildman–Crippen MR) is 67.7 cm³/mol. The van der Waals surface area contributed by atoms with E-state index in [-0.39, 0.29) is 0 Å². The van der Waals surface area contributed by atoms with Gasteiger partial charge in [-0.1, -0.05) is 45.2 Å². The highest BCUT2D eigenvalue weighted by molar-refractivity contribution is 5.28. The van der Waals surface area contributed by atoms with Crippen LogP contribution in [0.25, 0.3) is 6.20 Å². The molecule has 2 heteroatoms. The SMILES string of the molecule is C=C/C=C\Cc1c(C)cnn1C=C.CC. The zero-order chi connectivity index (χ0) is 11.7. The van der Waals surface area contributed by atoms with E-state index in [2.05, 4.69) is 24.3 Å². The summed E-state index contributed by atoms with van der Waals surface area (Å²) >= 11 is 0. The van der Waals surface area contributed by atoms with E-state index < -0.39 is 0 Å². The standard InChI is InChI=1S/C11H14N2.C2H6/c1-4-6-7-8-11-10(3)9-12-13(11)5-2;1-2/h4-7,9H,1-2,8H2,3H3;1-2H3/b7-6-;. The van der Waals surface area contributed by atoms with Gasteiger partial charge in [0.15, 0.2) is 0 Å². The molecular formula is C13H20N2. The molecule has 2 nitrogen and oxygen atoms in total. The van der Waals surface area contributed by atoms with Crippen LogP contribution in [0.4, 0.5) is 0 Å². The van der Waals surface area contributed by atoms with Gasteiger partial charge in [0.1, 0.15) is 0 Å². The van der Waals surface area contributed by atoms with Gasteiger partial charge in [-0.05, 0) is 12.5 Å². The van der Waals surface area contributed by atoms with Crippen LogP contribution in [-0.4, -0.2) is 9.78 Å². The fourth-order valence-corrected chi connectivity index (χ4v) is 1.16. The third-order valence-electron chi connectivity index (χ3n) is 1.86. The van der Waals surface area contributed by atoms with Gasteiger partial charge >= 0.3 is 0 Å². The highest BCUT2D eigenvalue weighted by atomic mass is 15.3. The summed E-state index contributed by atoms with van der Waals surface area (Å²) in [6.45, 7) is 13.4. The zero-order valence-corrected chi connectivity index (χ0v) is 9.90. The topological polar surface area (TPSA) is 17.8 Å². The van der Waals surface area contributed by atoms with Gasteiger partial charge in [-0.15, -0.1) is 0 Å². The normalized spacial score (nSPS) is 9.53. The first-order valence-corrected chi connectivity index (χ1v) is 5.22. The summed E-state index contributed by atoms with van der Waals surface area (Å²) in [6.07, 6.45) is 10.2. The first-order chi connectivity index (χ1) is 7.29. The largest absolute Gasteiger partial charge is 0.245 e. The Morgan fingerprint density at radius 2 is 2.07 bits per heavy atom. The number of rotatable bonds is 4. The van der Waals surface area contributed by atoms with Crippen LogP contribution >= 0.6 is 0 Å². The van der Waals surface area contributed by atoms with Crippen LogP contribution in [0.1, 0.15) is 25.1 Å². The van der Waals surface area contributed by atoms with Gasteiger partial charge in [-0.3, -0.25) is 0 Å². The molecule has 82 valence electrons. The van der Waals surface area contributed by atoms with E-state index in [9.17, 15) is 0 Å². The quantitative estimate of drug-likeness (QED) is 0.685. The molecule has 0 radical (unpaired) electrons. The molecule has 0 bridgehead atoms. The number of aryl methyl sites for hydroxylation is 1. The highest BCUT2D eigenvalue weighted by Crippen LogP contribution is 2.08. The number of aromatic nitrogens is 2. The molecule has 1 aromatic heterocycles. The van der Waals surface area contributed by atoms with Gasteiger partial charge in [-0.25, -0.2) is 4.68 Å². The fraction of sp³-hybridized carbons (Fsp3) is 0.308. The zero-order valence-electron chi connectivity index (χ0n) is 9.90. The van der Waals surface area contributed by atoms with Crippen LogP contribution in [0.2, 0.25) is 0 Å². The summed E-state index contributed by atoms with van der Waals surface area (Å²) in [5.41, 5.74) is 2.36. The Bertz CT molecular complexity index is 332. The molecule has 0 spiro atoms. The van der Waals surface area contributed by atoms with E-state index in [0.29, 0.717) is 0 Å². The van der Waals surface area contributed by atoms with Crippen molar-refractivity contribution in [3.63, 3.8) is 0 Å². The predicted octanol–water partition coefficient (Wildman–Crippen LogP) is 3.60. The molecule has 0 saturated heterocycles. The molecule has 0 aliphatic heterocycles. The molecule has 0 aromatic carbocycles. The lowest BCUT2D eigenvalue weighted by atomic mass is 10.2. The van der Waals surface area contributed by atoms with Crippen LogP contribution in [-0.2, 0) is 6.42 Å². The second-order valence-electron chi connectivity index (χ2n) is 2.77. The number of allylic oxidation sites excluding steroid dienone is 3. The molecular weight excluding hydrogens is 184 g/mol. The van der Waals surface area contributed by atoms with Crippen LogP contribution in [0.15, 0.2) is 37.6 Å². The average Bonchev–Trinajstić information content (AvgIpc) is 2.63. The van der Waals surface area contributed by atoms with Crippen molar-refractivity contribution in [3.05, 3.63) is 48.8 Å². The summed E-state index contributed by atoms with van der Waals surface area (Å²) in [5.74, 6) is 0. The van der Waals surface area contributed by atoms with E-state index in [1.165, 1.54) is 11.3 Å². The van der Waals surface area contributed by atoms with Crippen molar-refractivity contribution in [2.45, 2.75) is 27.2 Å². The summed E-state index contributed by atoms with van der Waals surface area (Å²) in [6, 6.07) is 0. The minimum absolute atomic E-state index is 0.865. The minimum atomic E-state index is 0.865. The Labute approximate surface area is 92.6 Å². The lowest BCUT2D eigenvalue weighted by molar-refractivity contribution is 0.875. The minimum Gasteiger partial charge on any atom is -0.245 e. The van der Waals surface area contributed by atoms with Crippen molar-refractivity contribution in [1.29, 1.82) is 0 Å². The molecule has 1 aromatic rings. The Morgan fingerprint density at radius 3 is 2.60 bits per heavy atom. The van der Waals surface area contributed by atoms with Gasteiger partial charge in [0.25, 0.3) is 0 Å². The van der Waals surface area contributed by atoms with E-state index >= 15 is 0 Å². The third-order valence-corrected chi connectivity index (χ3v) is 1.86. The van der Waals surface area contributed by atoms with Gasteiger partial charge in [0.05, 0.1) is 11.9 Å². The van der Waals surface area contributed by atoms with Crippen molar-refractivity contribution >= 4 is 6.20 Å². The van der Waals surface area contributed by atoms with Crippen molar-refractivity contribution in [3.8, 4) is 0 Å². The maximum atomic E-state index is 4.15. The second kappa shape index (κ2) is 7.80. The Balaban J connectivity index is 0.000000921. The van der Waals surface area contributed by atoms with Crippen LogP contribution < -0.4 is 0 Å². The molecule has 0 amide bonds. The molecule has 0 fully saturated rings. The summed E-state index contributed by atoms with van der Waals surface area (Å²) in [4.78, 5) is 0. The summed E-state index contributed by atoms with van der Waals surface area (Å²) in [7, 11) is 0. The maximum Gasteiger partial charge on any atom is 0.0526 e. The molecule has 0 aliphatic carbocycles. The van der Waals surface area contributed by atoms with Crippen LogP contribution in [0, 0.1) is 6.92 Å². The smallest absolute Gasteiger partial charge is 0.0526 e. The van der Waals surface area contributed by atoms with Crippen molar-refractivity contribution < 1.29 is 0 Å². The lowest BCUT2D eigenvalue weighted by Gasteiger charge is -1.99. The number of hydrogen-bond acceptors (Lipinski definition) is 1. The Morgan fingerprint density at radius 1 is 1.40 bits per heavy atom. The van der Waals surface area contributed by atoms with Gasteiger partial charge < -0.3 is 0 Å². The van der Waals surface area contributed by atoms with E-state index in [0.717, 1.165) is 6.42 Å². The lowest BCUT2D eigenvalue weighted by Crippen LogP contribution is -1.95. The second-order valence-corrected chi connectivity index (χ2v) is 2.77. The monoisotopic (exact) mass is 204 g/mol. The van der Waals surface area contributed by atoms with E-state index in [1.54, 1.807) is 17.0 Å². The molecule has 0 saturated carbocycles. The highest BCUT2D eigenvalue weighted by Gasteiger charge is 2.01. The Hall–Kier alpha value is -1.57. The van der Waals surface area contributed by atoms with Crippen LogP contribution in [0.5, 0.6) is 0 Å². The first kappa shape index (κ1) is 13.4. The van der Waals surface area contributed by atoms with Gasteiger partial charge in [0, 0.05) is 12.6 Å². The number of nitrogens with zero attached hydrogens (tertiary/aromatic N) is 2. The molecule has 0 aliphatic rings. The molecule has 0 atom stereocenters. The summed E-state index contributed by atoms with van der Waals surface area (Å²) < 4.78 is 1.79. The molecule has 0 unspecified atom stereocenters. The maximum absolute atomic E-state index is 4.15.